The van der Waals surface area contributed by atoms with Crippen LogP contribution in [0.2, 0.25) is 0 Å². The average Bonchev–Trinajstić information content (AvgIpc) is 2.83. The van der Waals surface area contributed by atoms with Crippen molar-refractivity contribution >= 4 is 11.6 Å². The molecule has 0 unspecified atom stereocenters. The molecule has 1 N–H and O–H groups in total. The van der Waals surface area contributed by atoms with Crippen molar-refractivity contribution in [2.45, 2.75) is 32.1 Å². The molecule has 3 nitrogen and oxygen atoms in total. The maximum atomic E-state index is 12.7. The standard InChI is InChI=1S/C13H15FN2O/c14-11-7-5-10(6-8-11)9-13(17)16-15-12-3-1-2-4-12/h5-8H,1-4,9H2,(H,16,17). The second-order valence-corrected chi connectivity index (χ2v) is 4.22. The normalized spacial score (nSPS) is 14.8. The van der Waals surface area contributed by atoms with E-state index in [1.54, 1.807) is 12.1 Å². The number of carbonyl (C=O) groups is 1. The topological polar surface area (TPSA) is 41.5 Å². The third-order valence-electron chi connectivity index (χ3n) is 2.80. The van der Waals surface area contributed by atoms with Crippen molar-refractivity contribution in [3.05, 3.63) is 35.6 Å². The van der Waals surface area contributed by atoms with Crippen LogP contribution in [0.1, 0.15) is 31.2 Å². The van der Waals surface area contributed by atoms with Crippen LogP contribution in [0.4, 0.5) is 4.39 Å². The molecule has 90 valence electrons. The molecule has 0 radical (unpaired) electrons. The molecule has 0 saturated heterocycles. The van der Waals surface area contributed by atoms with E-state index in [1.807, 2.05) is 0 Å². The molecule has 1 aromatic carbocycles. The van der Waals surface area contributed by atoms with Crippen LogP contribution in [-0.2, 0) is 11.2 Å². The molecular formula is C13H15FN2O. The number of halogens is 1. The van der Waals surface area contributed by atoms with E-state index in [2.05, 4.69) is 10.5 Å². The SMILES string of the molecule is O=C(Cc1ccc(F)cc1)NN=C1CCCC1. The molecular weight excluding hydrogens is 219 g/mol. The zero-order valence-electron chi connectivity index (χ0n) is 9.58. The minimum absolute atomic E-state index is 0.156. The summed E-state index contributed by atoms with van der Waals surface area (Å²) in [7, 11) is 0. The van der Waals surface area contributed by atoms with Gasteiger partial charge in [-0.15, -0.1) is 0 Å². The van der Waals surface area contributed by atoms with Gasteiger partial charge in [0.15, 0.2) is 0 Å². The summed E-state index contributed by atoms with van der Waals surface area (Å²) < 4.78 is 12.7. The lowest BCUT2D eigenvalue weighted by atomic mass is 10.1. The van der Waals surface area contributed by atoms with Gasteiger partial charge in [0.05, 0.1) is 6.42 Å². The van der Waals surface area contributed by atoms with Gasteiger partial charge in [0.1, 0.15) is 5.82 Å². The third-order valence-corrected chi connectivity index (χ3v) is 2.80. The molecule has 4 heteroatoms. The lowest BCUT2D eigenvalue weighted by Crippen LogP contribution is -2.21. The van der Waals surface area contributed by atoms with Crippen LogP contribution < -0.4 is 5.43 Å². The molecule has 1 amide bonds. The zero-order valence-corrected chi connectivity index (χ0v) is 9.58. The highest BCUT2D eigenvalue weighted by atomic mass is 19.1. The van der Waals surface area contributed by atoms with Gasteiger partial charge >= 0.3 is 0 Å². The number of nitrogens with one attached hydrogen (secondary N) is 1. The van der Waals surface area contributed by atoms with Crippen LogP contribution in [0.15, 0.2) is 29.4 Å². The fourth-order valence-corrected chi connectivity index (χ4v) is 1.86. The highest BCUT2D eigenvalue weighted by Gasteiger charge is 2.09. The van der Waals surface area contributed by atoms with E-state index in [0.29, 0.717) is 0 Å². The molecule has 0 aliphatic heterocycles. The van der Waals surface area contributed by atoms with Crippen LogP contribution >= 0.6 is 0 Å². The zero-order chi connectivity index (χ0) is 12.1. The maximum Gasteiger partial charge on any atom is 0.244 e. The molecule has 1 fully saturated rings. The first-order valence-electron chi connectivity index (χ1n) is 5.83. The molecule has 17 heavy (non-hydrogen) atoms. The first-order valence-corrected chi connectivity index (χ1v) is 5.83. The Balaban J connectivity index is 1.84. The van der Waals surface area contributed by atoms with Crippen LogP contribution in [0.25, 0.3) is 0 Å². The predicted octanol–water partition coefficient (Wildman–Crippen LogP) is 2.41. The van der Waals surface area contributed by atoms with Crippen LogP contribution in [0, 0.1) is 5.82 Å². The smallest absolute Gasteiger partial charge is 0.244 e. The minimum Gasteiger partial charge on any atom is -0.273 e. The Bertz CT molecular complexity index is 418. The lowest BCUT2D eigenvalue weighted by molar-refractivity contribution is -0.120. The molecule has 0 bridgehead atoms. The Kier molecular flexibility index (Phi) is 3.85. The van der Waals surface area contributed by atoms with Gasteiger partial charge in [-0.2, -0.15) is 5.10 Å². The van der Waals surface area contributed by atoms with Crippen molar-refractivity contribution in [2.75, 3.05) is 0 Å². The van der Waals surface area contributed by atoms with Gasteiger partial charge in [0.25, 0.3) is 0 Å². The summed E-state index contributed by atoms with van der Waals surface area (Å²) in [5, 5.41) is 4.08. The summed E-state index contributed by atoms with van der Waals surface area (Å²) in [4.78, 5) is 11.5. The van der Waals surface area contributed by atoms with Crippen molar-refractivity contribution in [3.8, 4) is 0 Å². The molecule has 0 heterocycles. The Morgan fingerprint density at radius 3 is 2.53 bits per heavy atom. The molecule has 1 saturated carbocycles. The summed E-state index contributed by atoms with van der Waals surface area (Å²) in [6, 6.07) is 5.92. The van der Waals surface area contributed by atoms with Crippen molar-refractivity contribution in [3.63, 3.8) is 0 Å². The molecule has 1 aromatic rings. The second kappa shape index (κ2) is 5.57. The Morgan fingerprint density at radius 1 is 1.24 bits per heavy atom. The van der Waals surface area contributed by atoms with E-state index >= 15 is 0 Å². The summed E-state index contributed by atoms with van der Waals surface area (Å²) >= 11 is 0. The summed E-state index contributed by atoms with van der Waals surface area (Å²) in [6.45, 7) is 0. The largest absolute Gasteiger partial charge is 0.273 e. The lowest BCUT2D eigenvalue weighted by Gasteiger charge is -2.01. The summed E-state index contributed by atoms with van der Waals surface area (Å²) in [5.41, 5.74) is 4.40. The van der Waals surface area contributed by atoms with Crippen molar-refractivity contribution < 1.29 is 9.18 Å². The average molecular weight is 234 g/mol. The van der Waals surface area contributed by atoms with Crippen molar-refractivity contribution in [1.82, 2.24) is 5.43 Å². The number of nitrogens with zero attached hydrogens (tertiary/aromatic N) is 1. The van der Waals surface area contributed by atoms with Crippen LogP contribution in [0.3, 0.4) is 0 Å². The first kappa shape index (κ1) is 11.8. The Hall–Kier alpha value is -1.71. The molecule has 0 spiro atoms. The molecule has 0 atom stereocenters. The monoisotopic (exact) mass is 234 g/mol. The van der Waals surface area contributed by atoms with Gasteiger partial charge < -0.3 is 0 Å². The van der Waals surface area contributed by atoms with Gasteiger partial charge in [-0.05, 0) is 43.4 Å². The molecule has 0 aromatic heterocycles. The minimum atomic E-state index is -0.291. The van der Waals surface area contributed by atoms with Crippen molar-refractivity contribution in [1.29, 1.82) is 0 Å². The van der Waals surface area contributed by atoms with Crippen LogP contribution in [0.5, 0.6) is 0 Å². The third kappa shape index (κ3) is 3.66. The quantitative estimate of drug-likeness (QED) is 0.802. The van der Waals surface area contributed by atoms with Gasteiger partial charge in [-0.1, -0.05) is 12.1 Å². The first-order chi connectivity index (χ1) is 8.24. The number of carbonyl (C=O) groups excluding carboxylic acids is 1. The molecule has 1 aliphatic rings. The highest BCUT2D eigenvalue weighted by molar-refractivity contribution is 5.88. The Labute approximate surface area is 99.7 Å². The fourth-order valence-electron chi connectivity index (χ4n) is 1.86. The number of rotatable bonds is 3. The van der Waals surface area contributed by atoms with E-state index in [9.17, 15) is 9.18 Å². The van der Waals surface area contributed by atoms with E-state index < -0.39 is 0 Å². The number of benzene rings is 1. The van der Waals surface area contributed by atoms with E-state index in [0.717, 1.165) is 37.0 Å². The van der Waals surface area contributed by atoms with Gasteiger partial charge in [-0.25, -0.2) is 9.82 Å². The molecule has 1 aliphatic carbocycles. The predicted molar refractivity (Wildman–Crippen MR) is 64.1 cm³/mol. The van der Waals surface area contributed by atoms with Crippen LogP contribution in [-0.4, -0.2) is 11.6 Å². The van der Waals surface area contributed by atoms with E-state index in [4.69, 9.17) is 0 Å². The number of amides is 1. The van der Waals surface area contributed by atoms with E-state index in [1.165, 1.54) is 12.1 Å². The summed E-state index contributed by atoms with van der Waals surface area (Å²) in [5.74, 6) is -0.448. The van der Waals surface area contributed by atoms with Gasteiger partial charge in [0, 0.05) is 5.71 Å². The fraction of sp³-hybridized carbons (Fsp3) is 0.385. The summed E-state index contributed by atoms with van der Waals surface area (Å²) in [6.07, 6.45) is 4.52. The van der Waals surface area contributed by atoms with Crippen molar-refractivity contribution in [2.24, 2.45) is 5.10 Å². The molecule has 2 rings (SSSR count). The van der Waals surface area contributed by atoms with E-state index in [-0.39, 0.29) is 18.1 Å². The van der Waals surface area contributed by atoms with Gasteiger partial charge in [-0.3, -0.25) is 4.79 Å². The number of hydrogen-bond donors (Lipinski definition) is 1. The van der Waals surface area contributed by atoms with Gasteiger partial charge in [0.2, 0.25) is 5.91 Å². The second-order valence-electron chi connectivity index (χ2n) is 4.22. The number of hydrazone groups is 1. The Morgan fingerprint density at radius 2 is 1.88 bits per heavy atom. The number of hydrogen-bond acceptors (Lipinski definition) is 2. The maximum absolute atomic E-state index is 12.7. The highest BCUT2D eigenvalue weighted by Crippen LogP contribution is 2.13.